The average Bonchev–Trinajstić information content (AvgIpc) is 2.47. The number of nitrogens with one attached hydrogen (secondary N) is 1. The van der Waals surface area contributed by atoms with Gasteiger partial charge in [-0.05, 0) is 69.0 Å². The maximum absolute atomic E-state index is 12.3. The number of hydrogen-bond donors (Lipinski definition) is 1. The van der Waals surface area contributed by atoms with Gasteiger partial charge in [0.05, 0.1) is 0 Å². The number of aryl methyl sites for hydroxylation is 3. The predicted molar refractivity (Wildman–Crippen MR) is 90.6 cm³/mol. The van der Waals surface area contributed by atoms with E-state index in [0.29, 0.717) is 0 Å². The van der Waals surface area contributed by atoms with Crippen LogP contribution in [-0.2, 0) is 4.79 Å². The molecule has 0 saturated heterocycles. The Labute approximate surface area is 132 Å². The topological polar surface area (TPSA) is 38.3 Å². The van der Waals surface area contributed by atoms with Gasteiger partial charge in [-0.15, -0.1) is 0 Å². The molecule has 0 unspecified atom stereocenters. The second-order valence-corrected chi connectivity index (χ2v) is 5.77. The molecule has 0 heterocycles. The molecule has 2 aromatic carbocycles. The molecule has 3 nitrogen and oxygen atoms in total. The second kappa shape index (κ2) is 6.65. The highest BCUT2D eigenvalue weighted by Gasteiger charge is 2.17. The van der Waals surface area contributed by atoms with E-state index in [1.165, 1.54) is 0 Å². The van der Waals surface area contributed by atoms with Crippen LogP contribution < -0.4 is 10.1 Å². The minimum Gasteiger partial charge on any atom is -0.481 e. The Morgan fingerprint density at radius 1 is 1.05 bits per heavy atom. The molecule has 1 atom stereocenters. The van der Waals surface area contributed by atoms with E-state index in [1.807, 2.05) is 64.1 Å². The van der Waals surface area contributed by atoms with E-state index in [9.17, 15) is 4.79 Å². The van der Waals surface area contributed by atoms with E-state index in [1.54, 1.807) is 6.92 Å². The molecule has 0 bridgehead atoms. The van der Waals surface area contributed by atoms with Gasteiger partial charge in [0.1, 0.15) is 5.75 Å². The number of ether oxygens (including phenoxy) is 1. The maximum Gasteiger partial charge on any atom is 0.265 e. The summed E-state index contributed by atoms with van der Waals surface area (Å²) in [5.74, 6) is 0.609. The highest BCUT2D eigenvalue weighted by atomic mass is 16.5. The van der Waals surface area contributed by atoms with Crippen LogP contribution in [0.4, 0.5) is 5.69 Å². The van der Waals surface area contributed by atoms with Gasteiger partial charge in [-0.25, -0.2) is 0 Å². The molecule has 0 fully saturated rings. The van der Waals surface area contributed by atoms with Gasteiger partial charge in [-0.3, -0.25) is 4.79 Å². The number of carbonyl (C=O) groups excluding carboxylic acids is 1. The number of anilines is 1. The molecule has 1 N–H and O–H groups in total. The first kappa shape index (κ1) is 16.1. The number of amides is 1. The van der Waals surface area contributed by atoms with Gasteiger partial charge in [-0.2, -0.15) is 0 Å². The highest BCUT2D eigenvalue weighted by Crippen LogP contribution is 2.22. The molecule has 3 heteroatoms. The van der Waals surface area contributed by atoms with Crippen molar-refractivity contribution in [3.8, 4) is 5.75 Å². The van der Waals surface area contributed by atoms with Crippen molar-refractivity contribution in [2.24, 2.45) is 0 Å². The lowest BCUT2D eigenvalue weighted by Gasteiger charge is -2.18. The summed E-state index contributed by atoms with van der Waals surface area (Å²) in [6.07, 6.45) is -0.555. The standard InChI is InChI=1S/C19H23NO2/c1-12-9-10-14(3)18(11-12)22-16(5)19(21)20-17-8-6-7-13(2)15(17)4/h6-11,16H,1-5H3,(H,20,21)/t16-/m0/s1. The van der Waals surface area contributed by atoms with Crippen molar-refractivity contribution in [3.63, 3.8) is 0 Å². The molecular weight excluding hydrogens is 274 g/mol. The van der Waals surface area contributed by atoms with Crippen molar-refractivity contribution >= 4 is 11.6 Å². The first-order valence-electron chi connectivity index (χ1n) is 7.49. The molecule has 22 heavy (non-hydrogen) atoms. The molecule has 0 spiro atoms. The summed E-state index contributed by atoms with van der Waals surface area (Å²) in [4.78, 5) is 12.3. The Bertz CT molecular complexity index is 692. The summed E-state index contributed by atoms with van der Waals surface area (Å²) in [7, 11) is 0. The van der Waals surface area contributed by atoms with Crippen LogP contribution in [0.2, 0.25) is 0 Å². The molecular formula is C19H23NO2. The van der Waals surface area contributed by atoms with Crippen LogP contribution >= 0.6 is 0 Å². The lowest BCUT2D eigenvalue weighted by Crippen LogP contribution is -2.30. The summed E-state index contributed by atoms with van der Waals surface area (Å²) >= 11 is 0. The second-order valence-electron chi connectivity index (χ2n) is 5.77. The third-order valence-corrected chi connectivity index (χ3v) is 3.88. The maximum atomic E-state index is 12.3. The Hall–Kier alpha value is -2.29. The largest absolute Gasteiger partial charge is 0.481 e. The zero-order chi connectivity index (χ0) is 16.3. The summed E-state index contributed by atoms with van der Waals surface area (Å²) in [5.41, 5.74) is 5.21. The zero-order valence-corrected chi connectivity index (χ0v) is 13.9. The monoisotopic (exact) mass is 297 g/mol. The van der Waals surface area contributed by atoms with Gasteiger partial charge in [0, 0.05) is 5.69 Å². The fraction of sp³-hybridized carbons (Fsp3) is 0.316. The van der Waals surface area contributed by atoms with Gasteiger partial charge in [0.2, 0.25) is 0 Å². The molecule has 116 valence electrons. The van der Waals surface area contributed by atoms with Crippen LogP contribution in [0, 0.1) is 27.7 Å². The normalized spacial score (nSPS) is 11.9. The Balaban J connectivity index is 2.09. The highest BCUT2D eigenvalue weighted by molar-refractivity contribution is 5.94. The van der Waals surface area contributed by atoms with Crippen LogP contribution in [0.25, 0.3) is 0 Å². The Morgan fingerprint density at radius 2 is 1.77 bits per heavy atom. The fourth-order valence-electron chi connectivity index (χ4n) is 2.20. The minimum absolute atomic E-state index is 0.144. The summed E-state index contributed by atoms with van der Waals surface area (Å²) < 4.78 is 5.82. The van der Waals surface area contributed by atoms with Crippen molar-refractivity contribution in [1.82, 2.24) is 0 Å². The molecule has 0 saturated carbocycles. The van der Waals surface area contributed by atoms with Gasteiger partial charge in [0.15, 0.2) is 6.10 Å². The SMILES string of the molecule is Cc1ccc(C)c(O[C@@H](C)C(=O)Nc2cccc(C)c2C)c1. The van der Waals surface area contributed by atoms with Crippen LogP contribution in [0.15, 0.2) is 36.4 Å². The molecule has 1 amide bonds. The first-order chi connectivity index (χ1) is 10.4. The molecule has 2 rings (SSSR count). The van der Waals surface area contributed by atoms with Crippen LogP contribution in [0.3, 0.4) is 0 Å². The third-order valence-electron chi connectivity index (χ3n) is 3.88. The van der Waals surface area contributed by atoms with E-state index < -0.39 is 6.10 Å². The van der Waals surface area contributed by atoms with E-state index in [2.05, 4.69) is 5.32 Å². The van der Waals surface area contributed by atoms with E-state index in [4.69, 9.17) is 4.74 Å². The van der Waals surface area contributed by atoms with Crippen LogP contribution in [-0.4, -0.2) is 12.0 Å². The predicted octanol–water partition coefficient (Wildman–Crippen LogP) is 4.33. The van der Waals surface area contributed by atoms with Gasteiger partial charge < -0.3 is 10.1 Å². The van der Waals surface area contributed by atoms with E-state index >= 15 is 0 Å². The molecule has 0 radical (unpaired) electrons. The number of carbonyl (C=O) groups is 1. The summed E-state index contributed by atoms with van der Waals surface area (Å²) in [6.45, 7) is 9.78. The van der Waals surface area contributed by atoms with Crippen molar-refractivity contribution in [2.45, 2.75) is 40.7 Å². The van der Waals surface area contributed by atoms with Crippen molar-refractivity contribution in [2.75, 3.05) is 5.32 Å². The van der Waals surface area contributed by atoms with Gasteiger partial charge in [0.25, 0.3) is 5.91 Å². The number of hydrogen-bond acceptors (Lipinski definition) is 2. The Kier molecular flexibility index (Phi) is 4.86. The van der Waals surface area contributed by atoms with E-state index in [0.717, 1.165) is 33.7 Å². The molecule has 2 aromatic rings. The van der Waals surface area contributed by atoms with Gasteiger partial charge >= 0.3 is 0 Å². The molecule has 0 aliphatic rings. The lowest BCUT2D eigenvalue weighted by molar-refractivity contribution is -0.122. The first-order valence-corrected chi connectivity index (χ1v) is 7.49. The quantitative estimate of drug-likeness (QED) is 0.912. The van der Waals surface area contributed by atoms with Crippen molar-refractivity contribution < 1.29 is 9.53 Å². The minimum atomic E-state index is -0.555. The third kappa shape index (κ3) is 3.67. The van der Waals surface area contributed by atoms with E-state index in [-0.39, 0.29) is 5.91 Å². The van der Waals surface area contributed by atoms with Crippen LogP contribution in [0.5, 0.6) is 5.75 Å². The number of rotatable bonds is 4. The zero-order valence-electron chi connectivity index (χ0n) is 13.9. The summed E-state index contributed by atoms with van der Waals surface area (Å²) in [5, 5.41) is 2.94. The van der Waals surface area contributed by atoms with Crippen molar-refractivity contribution in [1.29, 1.82) is 0 Å². The molecule has 0 aliphatic heterocycles. The summed E-state index contributed by atoms with van der Waals surface area (Å²) in [6, 6.07) is 11.9. The average molecular weight is 297 g/mol. The fourth-order valence-corrected chi connectivity index (χ4v) is 2.20. The Morgan fingerprint density at radius 3 is 2.50 bits per heavy atom. The smallest absolute Gasteiger partial charge is 0.265 e. The lowest BCUT2D eigenvalue weighted by atomic mass is 10.1. The molecule has 0 aromatic heterocycles. The molecule has 0 aliphatic carbocycles. The van der Waals surface area contributed by atoms with Crippen LogP contribution in [0.1, 0.15) is 29.2 Å². The van der Waals surface area contributed by atoms with Gasteiger partial charge in [-0.1, -0.05) is 24.3 Å². The van der Waals surface area contributed by atoms with Crippen molar-refractivity contribution in [3.05, 3.63) is 58.7 Å². The number of benzene rings is 2.